The molecule has 0 aromatic carbocycles. The maximum absolute atomic E-state index is 9.42. The molecule has 0 atom stereocenters. The summed E-state index contributed by atoms with van der Waals surface area (Å²) in [7, 11) is 0. The first-order valence-electron chi connectivity index (χ1n) is 7.64. The first-order chi connectivity index (χ1) is 11.1. The Kier molecular flexibility index (Phi) is 3.77. The number of fused-ring (bicyclic) bond motifs is 1. The fourth-order valence-electron chi connectivity index (χ4n) is 3.77. The number of hydrogen-bond acceptors (Lipinski definition) is 4. The molecule has 24 heavy (non-hydrogen) atoms. The second-order valence-corrected chi connectivity index (χ2v) is 7.20. The summed E-state index contributed by atoms with van der Waals surface area (Å²) < 4.78 is 0. The molecule has 0 heterocycles. The van der Waals surface area contributed by atoms with Gasteiger partial charge >= 0.3 is 0 Å². The number of rotatable bonds is 0. The minimum atomic E-state index is -0.496. The van der Waals surface area contributed by atoms with Crippen molar-refractivity contribution < 1.29 is 0 Å². The third-order valence-corrected chi connectivity index (χ3v) is 5.57. The smallest absolute Gasteiger partial charge is 0.134 e. The molecule has 0 aliphatic heterocycles. The van der Waals surface area contributed by atoms with E-state index >= 15 is 0 Å². The molecule has 0 saturated heterocycles. The second kappa shape index (κ2) is 5.23. The van der Waals surface area contributed by atoms with Gasteiger partial charge in [0.2, 0.25) is 0 Å². The van der Waals surface area contributed by atoms with Gasteiger partial charge in [-0.05, 0) is 36.1 Å². The van der Waals surface area contributed by atoms with Crippen LogP contribution in [0.1, 0.15) is 41.5 Å². The molecule has 0 amide bonds. The maximum atomic E-state index is 9.42. The van der Waals surface area contributed by atoms with Crippen LogP contribution in [-0.4, -0.2) is 0 Å². The van der Waals surface area contributed by atoms with Crippen molar-refractivity contribution in [2.45, 2.75) is 41.5 Å². The lowest BCUT2D eigenvalue weighted by Gasteiger charge is -2.28. The van der Waals surface area contributed by atoms with E-state index in [2.05, 4.69) is 0 Å². The van der Waals surface area contributed by atoms with Crippen LogP contribution in [-0.2, 0) is 0 Å². The van der Waals surface area contributed by atoms with Crippen LogP contribution in [0.25, 0.3) is 0 Å². The third-order valence-electron chi connectivity index (χ3n) is 5.57. The van der Waals surface area contributed by atoms with E-state index in [0.717, 1.165) is 22.3 Å². The zero-order chi connectivity index (χ0) is 18.4. The summed E-state index contributed by atoms with van der Waals surface area (Å²) in [5.74, 6) is 0. The molecule has 0 unspecified atom stereocenters. The van der Waals surface area contributed by atoms with Crippen LogP contribution in [0.2, 0.25) is 0 Å². The largest absolute Gasteiger partial charge is 0.192 e. The molecular weight excluding hydrogens is 296 g/mol. The van der Waals surface area contributed by atoms with Crippen molar-refractivity contribution in [1.82, 2.24) is 0 Å². The van der Waals surface area contributed by atoms with Gasteiger partial charge in [-0.3, -0.25) is 0 Å². The number of hydrogen-bond donors (Lipinski definition) is 0. The Morgan fingerprint density at radius 1 is 0.625 bits per heavy atom. The van der Waals surface area contributed by atoms with Gasteiger partial charge < -0.3 is 0 Å². The first kappa shape index (κ1) is 17.3. The van der Waals surface area contributed by atoms with Crippen LogP contribution >= 0.6 is 0 Å². The lowest BCUT2D eigenvalue weighted by molar-refractivity contribution is 0.532. The highest BCUT2D eigenvalue weighted by atomic mass is 14.5. The van der Waals surface area contributed by atoms with E-state index in [1.807, 2.05) is 65.8 Å². The Hall–Kier alpha value is -3.08. The molecule has 0 saturated carbocycles. The van der Waals surface area contributed by atoms with E-state index in [4.69, 9.17) is 0 Å². The van der Waals surface area contributed by atoms with Crippen molar-refractivity contribution in [2.24, 2.45) is 10.8 Å². The second-order valence-electron chi connectivity index (χ2n) is 7.20. The van der Waals surface area contributed by atoms with Crippen LogP contribution in [0, 0.1) is 56.2 Å². The Bertz CT molecular complexity index is 837. The average molecular weight is 314 g/mol. The van der Waals surface area contributed by atoms with Crippen molar-refractivity contribution >= 4 is 0 Å². The molecule has 0 spiro atoms. The van der Waals surface area contributed by atoms with Crippen molar-refractivity contribution in [1.29, 1.82) is 21.0 Å². The van der Waals surface area contributed by atoms with Crippen LogP contribution in [0.5, 0.6) is 0 Å². The number of allylic oxidation sites excluding steroid dienone is 8. The van der Waals surface area contributed by atoms with Crippen molar-refractivity contribution in [3.8, 4) is 24.3 Å². The Morgan fingerprint density at radius 2 is 0.875 bits per heavy atom. The quantitative estimate of drug-likeness (QED) is 0.619. The van der Waals surface area contributed by atoms with Crippen molar-refractivity contribution in [2.75, 3.05) is 0 Å². The lowest BCUT2D eigenvalue weighted by atomic mass is 9.74. The number of nitriles is 4. The molecule has 0 aromatic heterocycles. The SMILES string of the molecule is CC1=C2C(=C(C)C(C)(C)C2=C(C#N)C#N)C(=C(C#N)C#N)C1(C)C. The third kappa shape index (κ3) is 1.88. The zero-order valence-electron chi connectivity index (χ0n) is 14.8. The highest BCUT2D eigenvalue weighted by Crippen LogP contribution is 2.63. The maximum Gasteiger partial charge on any atom is 0.134 e. The minimum absolute atomic E-state index is 0.0937. The molecular formula is C20H18N4. The lowest BCUT2D eigenvalue weighted by Crippen LogP contribution is -2.18. The van der Waals surface area contributed by atoms with Gasteiger partial charge in [-0.2, -0.15) is 21.0 Å². The molecule has 0 fully saturated rings. The molecule has 118 valence electrons. The van der Waals surface area contributed by atoms with Gasteiger partial charge in [0.05, 0.1) is 0 Å². The fourth-order valence-corrected chi connectivity index (χ4v) is 3.77. The van der Waals surface area contributed by atoms with Gasteiger partial charge in [0, 0.05) is 10.8 Å². The minimum Gasteiger partial charge on any atom is -0.192 e. The molecule has 0 radical (unpaired) electrons. The fraction of sp³-hybridized carbons (Fsp3) is 0.400. The monoisotopic (exact) mass is 314 g/mol. The number of nitrogens with zero attached hydrogens (tertiary/aromatic N) is 4. The summed E-state index contributed by atoms with van der Waals surface area (Å²) in [6, 6.07) is 8.06. The summed E-state index contributed by atoms with van der Waals surface area (Å²) in [5.41, 5.74) is 4.29. The van der Waals surface area contributed by atoms with Crippen molar-refractivity contribution in [3.63, 3.8) is 0 Å². The predicted molar refractivity (Wildman–Crippen MR) is 89.5 cm³/mol. The van der Waals surface area contributed by atoms with E-state index < -0.39 is 10.8 Å². The topological polar surface area (TPSA) is 95.2 Å². The van der Waals surface area contributed by atoms with Crippen molar-refractivity contribution in [3.05, 3.63) is 44.6 Å². The predicted octanol–water partition coefficient (Wildman–Crippen LogP) is 4.39. The standard InChI is InChI=1S/C20H18N4/c1-11-15-16(18(19(11,3)4)14(9-23)10-24)12(2)20(5,6)17(15)13(7-21)8-22/h1-6H3. The molecule has 2 aliphatic carbocycles. The Morgan fingerprint density at radius 3 is 1.08 bits per heavy atom. The molecule has 0 N–H and O–H groups in total. The van der Waals surface area contributed by atoms with Crippen LogP contribution < -0.4 is 0 Å². The zero-order valence-corrected chi connectivity index (χ0v) is 14.8. The van der Waals surface area contributed by atoms with Gasteiger partial charge in [0.15, 0.2) is 0 Å². The van der Waals surface area contributed by atoms with Gasteiger partial charge in [0.1, 0.15) is 35.4 Å². The van der Waals surface area contributed by atoms with Crippen LogP contribution in [0.3, 0.4) is 0 Å². The molecule has 0 bridgehead atoms. The molecule has 4 heteroatoms. The Labute approximate surface area is 142 Å². The normalized spacial score (nSPS) is 20.1. The summed E-state index contributed by atoms with van der Waals surface area (Å²) in [6.45, 7) is 11.8. The first-order valence-corrected chi connectivity index (χ1v) is 7.64. The highest BCUT2D eigenvalue weighted by molar-refractivity contribution is 5.80. The molecule has 2 rings (SSSR count). The van der Waals surface area contributed by atoms with E-state index in [9.17, 15) is 21.0 Å². The van der Waals surface area contributed by atoms with E-state index in [0.29, 0.717) is 11.1 Å². The van der Waals surface area contributed by atoms with Gasteiger partial charge in [0.25, 0.3) is 0 Å². The molecule has 2 aliphatic rings. The van der Waals surface area contributed by atoms with E-state index in [1.54, 1.807) is 0 Å². The average Bonchev–Trinajstić information content (AvgIpc) is 2.85. The summed E-state index contributed by atoms with van der Waals surface area (Å²) in [5, 5.41) is 37.7. The van der Waals surface area contributed by atoms with Crippen LogP contribution in [0.15, 0.2) is 44.6 Å². The Balaban J connectivity index is 3.09. The highest BCUT2D eigenvalue weighted by Gasteiger charge is 2.51. The molecule has 0 aromatic rings. The van der Waals surface area contributed by atoms with Gasteiger partial charge in [-0.15, -0.1) is 0 Å². The summed E-state index contributed by atoms with van der Waals surface area (Å²) in [6.07, 6.45) is 0. The van der Waals surface area contributed by atoms with E-state index in [-0.39, 0.29) is 11.1 Å². The van der Waals surface area contributed by atoms with Gasteiger partial charge in [-0.1, -0.05) is 38.8 Å². The van der Waals surface area contributed by atoms with E-state index in [1.165, 1.54) is 0 Å². The summed E-state index contributed by atoms with van der Waals surface area (Å²) >= 11 is 0. The van der Waals surface area contributed by atoms with Gasteiger partial charge in [-0.25, -0.2) is 0 Å². The van der Waals surface area contributed by atoms with Crippen LogP contribution in [0.4, 0.5) is 0 Å². The summed E-state index contributed by atoms with van der Waals surface area (Å²) in [4.78, 5) is 0. The molecule has 4 nitrogen and oxygen atoms in total.